The summed E-state index contributed by atoms with van der Waals surface area (Å²) in [6.45, 7) is 0. The Morgan fingerprint density at radius 3 is 2.13 bits per heavy atom. The van der Waals surface area contributed by atoms with Crippen molar-refractivity contribution in [2.45, 2.75) is 63.4 Å². The highest BCUT2D eigenvalue weighted by Crippen LogP contribution is 2.43. The molecule has 2 rings (SSSR count). The molecule has 0 spiro atoms. The van der Waals surface area contributed by atoms with Crippen LogP contribution in [0.15, 0.2) is 0 Å². The van der Waals surface area contributed by atoms with Gasteiger partial charge in [0.05, 0.1) is 0 Å². The zero-order valence-electron chi connectivity index (χ0n) is 14.9. The molecule has 0 bridgehead atoms. The minimum atomic E-state index is -0.833. The lowest BCUT2D eigenvalue weighted by atomic mass is 9.68. The Hall–Kier alpha value is 0.950. The summed E-state index contributed by atoms with van der Waals surface area (Å²) in [5, 5.41) is 14.1. The van der Waals surface area contributed by atoms with Gasteiger partial charge in [0.15, 0.2) is 0 Å². The van der Waals surface area contributed by atoms with Gasteiger partial charge in [-0.3, -0.25) is 0 Å². The normalized spacial score (nSPS) is 36.1. The van der Waals surface area contributed by atoms with Crippen LogP contribution in [-0.4, -0.2) is 35.2 Å². The standard InChI is InChI=1S/C19H33IOS2/c1-23(2,3)15-13-19(21)11-8-18(9-12-19)17-6-4-16(5-7-17)10-14-22-20/h16-18,21H,4-12,14H2,1-3H3. The summed E-state index contributed by atoms with van der Waals surface area (Å²) in [7, 11) is 1.13. The summed E-state index contributed by atoms with van der Waals surface area (Å²) in [6, 6.07) is 0. The van der Waals surface area contributed by atoms with E-state index in [-0.39, 0.29) is 0 Å². The fourth-order valence-corrected chi connectivity index (χ4v) is 5.80. The highest BCUT2D eigenvalue weighted by Gasteiger charge is 2.36. The second-order valence-electron chi connectivity index (χ2n) is 8.32. The number of halogens is 1. The fourth-order valence-electron chi connectivity index (χ4n) is 4.12. The van der Waals surface area contributed by atoms with Crippen molar-refractivity contribution in [3.8, 4) is 11.2 Å². The van der Waals surface area contributed by atoms with E-state index in [0.29, 0.717) is 0 Å². The Bertz CT molecular complexity index is 419. The maximum atomic E-state index is 10.7. The number of rotatable bonds is 4. The van der Waals surface area contributed by atoms with Gasteiger partial charge in [-0.25, -0.2) is 0 Å². The van der Waals surface area contributed by atoms with E-state index in [1.807, 2.05) is 8.93 Å². The van der Waals surface area contributed by atoms with Gasteiger partial charge in [-0.1, -0.05) is 32.9 Å². The third-order valence-corrected chi connectivity index (χ3v) is 8.03. The van der Waals surface area contributed by atoms with Gasteiger partial charge in [0, 0.05) is 5.75 Å². The molecule has 0 saturated heterocycles. The molecule has 0 radical (unpaired) electrons. The van der Waals surface area contributed by atoms with E-state index >= 15 is 0 Å². The van der Waals surface area contributed by atoms with E-state index in [1.54, 1.807) is 0 Å². The monoisotopic (exact) mass is 468 g/mol. The van der Waals surface area contributed by atoms with Crippen LogP contribution in [0, 0.1) is 28.9 Å². The highest BCUT2D eigenvalue weighted by atomic mass is 127. The summed E-state index contributed by atoms with van der Waals surface area (Å²) in [5.74, 6) is 7.30. The molecular formula is C19H33IOS2. The second-order valence-corrected chi connectivity index (χ2v) is 14.7. The molecule has 0 aromatic rings. The van der Waals surface area contributed by atoms with Gasteiger partial charge >= 0.3 is 0 Å². The molecule has 0 amide bonds. The Morgan fingerprint density at radius 2 is 1.61 bits per heavy atom. The maximum absolute atomic E-state index is 10.7. The molecule has 0 unspecified atom stereocenters. The van der Waals surface area contributed by atoms with E-state index < -0.39 is 15.6 Å². The van der Waals surface area contributed by atoms with Gasteiger partial charge < -0.3 is 5.11 Å². The van der Waals surface area contributed by atoms with E-state index in [0.717, 1.165) is 30.6 Å². The largest absolute Gasteiger partial charge is 0.378 e. The molecule has 23 heavy (non-hydrogen) atoms. The van der Waals surface area contributed by atoms with Crippen LogP contribution in [0.4, 0.5) is 0 Å². The van der Waals surface area contributed by atoms with Crippen LogP contribution in [0.25, 0.3) is 0 Å². The lowest BCUT2D eigenvalue weighted by Crippen LogP contribution is -2.35. The number of hydrogen-bond donors (Lipinski definition) is 1. The van der Waals surface area contributed by atoms with Gasteiger partial charge in [0.1, 0.15) is 5.60 Å². The second kappa shape index (κ2) is 9.05. The van der Waals surface area contributed by atoms with E-state index in [4.69, 9.17) is 0 Å². The quantitative estimate of drug-likeness (QED) is 0.413. The lowest BCUT2D eigenvalue weighted by Gasteiger charge is -2.39. The highest BCUT2D eigenvalue weighted by molar-refractivity contribution is 14.2. The zero-order valence-corrected chi connectivity index (χ0v) is 18.7. The predicted molar refractivity (Wildman–Crippen MR) is 117 cm³/mol. The first-order chi connectivity index (χ1) is 10.8. The van der Waals surface area contributed by atoms with Gasteiger partial charge in [-0.05, 0) is 103 Å². The molecule has 4 heteroatoms. The molecule has 2 fully saturated rings. The van der Waals surface area contributed by atoms with Crippen LogP contribution in [-0.2, 0) is 0 Å². The molecule has 1 nitrogen and oxygen atoms in total. The topological polar surface area (TPSA) is 20.2 Å². The van der Waals surface area contributed by atoms with Crippen molar-refractivity contribution in [1.29, 1.82) is 0 Å². The molecule has 2 saturated carbocycles. The lowest BCUT2D eigenvalue weighted by molar-refractivity contribution is 0.0258. The molecular weight excluding hydrogens is 435 g/mol. The number of aliphatic hydroxyl groups is 1. The van der Waals surface area contributed by atoms with Crippen LogP contribution in [0.1, 0.15) is 57.8 Å². The van der Waals surface area contributed by atoms with Gasteiger partial charge in [0.25, 0.3) is 0 Å². The first kappa shape index (κ1) is 20.3. The minimum Gasteiger partial charge on any atom is -0.378 e. The van der Waals surface area contributed by atoms with Gasteiger partial charge in [0.2, 0.25) is 0 Å². The molecule has 2 aliphatic rings. The van der Waals surface area contributed by atoms with Crippen molar-refractivity contribution in [3.05, 3.63) is 0 Å². The van der Waals surface area contributed by atoms with Gasteiger partial charge in [-0.2, -0.15) is 10.0 Å². The van der Waals surface area contributed by atoms with Crippen molar-refractivity contribution < 1.29 is 5.11 Å². The van der Waals surface area contributed by atoms with E-state index in [2.05, 4.69) is 51.1 Å². The molecule has 0 aromatic carbocycles. The van der Waals surface area contributed by atoms with Gasteiger partial charge in [-0.15, -0.1) is 0 Å². The summed E-state index contributed by atoms with van der Waals surface area (Å²) in [5.41, 5.74) is -0.689. The summed E-state index contributed by atoms with van der Waals surface area (Å²) < 4.78 is 0. The Kier molecular flexibility index (Phi) is 7.98. The third-order valence-electron chi connectivity index (χ3n) is 5.61. The molecule has 2 aliphatic carbocycles. The van der Waals surface area contributed by atoms with Crippen molar-refractivity contribution in [1.82, 2.24) is 0 Å². The molecule has 0 atom stereocenters. The van der Waals surface area contributed by atoms with Crippen molar-refractivity contribution >= 4 is 40.2 Å². The SMILES string of the molecule is CS(C)(C)C#CC1(O)CCC(C2CCC(CCSI)CC2)CC1. The molecule has 0 aliphatic heterocycles. The third kappa shape index (κ3) is 6.99. The smallest absolute Gasteiger partial charge is 0.126 e. The van der Waals surface area contributed by atoms with E-state index in [1.165, 1.54) is 50.7 Å². The van der Waals surface area contributed by atoms with Crippen molar-refractivity contribution in [3.63, 3.8) is 0 Å². The molecule has 0 heterocycles. The van der Waals surface area contributed by atoms with Crippen LogP contribution < -0.4 is 0 Å². The van der Waals surface area contributed by atoms with E-state index in [9.17, 15) is 5.11 Å². The predicted octanol–water partition coefficient (Wildman–Crippen LogP) is 5.84. The summed E-state index contributed by atoms with van der Waals surface area (Å²) in [6.07, 6.45) is 17.9. The molecule has 1 N–H and O–H groups in total. The summed E-state index contributed by atoms with van der Waals surface area (Å²) >= 11 is 2.42. The maximum Gasteiger partial charge on any atom is 0.126 e. The van der Waals surface area contributed by atoms with Crippen LogP contribution >= 0.6 is 40.2 Å². The molecule has 0 aromatic heterocycles. The number of hydrogen-bond acceptors (Lipinski definition) is 2. The van der Waals surface area contributed by atoms with Crippen LogP contribution in [0.5, 0.6) is 0 Å². The van der Waals surface area contributed by atoms with Crippen LogP contribution in [0.3, 0.4) is 0 Å². The van der Waals surface area contributed by atoms with Crippen LogP contribution in [0.2, 0.25) is 0 Å². The first-order valence-corrected chi connectivity index (χ1v) is 15.4. The summed E-state index contributed by atoms with van der Waals surface area (Å²) in [4.78, 5) is 0. The van der Waals surface area contributed by atoms with Crippen molar-refractivity contribution in [2.75, 3.05) is 24.5 Å². The minimum absolute atomic E-state index is 0.689. The average Bonchev–Trinajstić information content (AvgIpc) is 2.52. The Balaban J connectivity index is 1.78. The fraction of sp³-hybridized carbons (Fsp3) is 0.895. The Morgan fingerprint density at radius 1 is 1.04 bits per heavy atom. The first-order valence-electron chi connectivity index (χ1n) is 8.99. The average molecular weight is 469 g/mol. The molecule has 134 valence electrons. The van der Waals surface area contributed by atoms with Crippen molar-refractivity contribution in [2.24, 2.45) is 17.8 Å². The Labute approximate surface area is 161 Å². The zero-order chi connectivity index (χ0) is 16.9.